The van der Waals surface area contributed by atoms with Crippen LogP contribution in [0.3, 0.4) is 0 Å². The largest absolute Gasteiger partial charge is 0.465 e. The number of ether oxygens (including phenoxy) is 1. The Morgan fingerprint density at radius 1 is 1.24 bits per heavy atom. The SMILES string of the molecule is COC(=O)c1cccc(CC2CCN(c3nc4c(C)cccc4cc3CO)C2)c1. The van der Waals surface area contributed by atoms with Crippen LogP contribution in [0, 0.1) is 12.8 Å². The van der Waals surface area contributed by atoms with Crippen molar-refractivity contribution in [2.45, 2.75) is 26.4 Å². The standard InChI is InChI=1S/C24H26N2O3/c1-16-5-3-7-19-13-21(15-27)23(25-22(16)19)26-10-9-18(14-26)11-17-6-4-8-20(12-17)24(28)29-2/h3-8,12-13,18,27H,9-11,14-15H2,1-2H3. The van der Waals surface area contributed by atoms with E-state index in [0.29, 0.717) is 11.5 Å². The highest BCUT2D eigenvalue weighted by Gasteiger charge is 2.26. The predicted octanol–water partition coefficient (Wildman–Crippen LogP) is 3.89. The number of anilines is 1. The maximum Gasteiger partial charge on any atom is 0.337 e. The van der Waals surface area contributed by atoms with Gasteiger partial charge < -0.3 is 14.7 Å². The number of pyridine rings is 1. The number of rotatable bonds is 5. The van der Waals surface area contributed by atoms with Gasteiger partial charge in [0.2, 0.25) is 0 Å². The molecule has 4 rings (SSSR count). The third kappa shape index (κ3) is 3.96. The molecule has 1 N–H and O–H groups in total. The number of hydrogen-bond acceptors (Lipinski definition) is 5. The lowest BCUT2D eigenvalue weighted by atomic mass is 9.97. The molecule has 0 spiro atoms. The number of carbonyl (C=O) groups is 1. The summed E-state index contributed by atoms with van der Waals surface area (Å²) in [5, 5.41) is 11.0. The highest BCUT2D eigenvalue weighted by atomic mass is 16.5. The number of fused-ring (bicyclic) bond motifs is 1. The molecule has 1 aromatic heterocycles. The Labute approximate surface area is 170 Å². The maximum absolute atomic E-state index is 11.8. The van der Waals surface area contributed by atoms with Crippen molar-refractivity contribution in [3.8, 4) is 0 Å². The number of nitrogens with zero attached hydrogens (tertiary/aromatic N) is 2. The van der Waals surface area contributed by atoms with Crippen molar-refractivity contribution in [3.05, 3.63) is 70.8 Å². The van der Waals surface area contributed by atoms with Gasteiger partial charge in [-0.3, -0.25) is 0 Å². The van der Waals surface area contributed by atoms with E-state index in [1.54, 1.807) is 6.07 Å². The molecule has 150 valence electrons. The molecule has 1 fully saturated rings. The van der Waals surface area contributed by atoms with E-state index in [-0.39, 0.29) is 12.6 Å². The van der Waals surface area contributed by atoms with Crippen LogP contribution in [0.1, 0.15) is 33.5 Å². The zero-order valence-corrected chi connectivity index (χ0v) is 16.9. The molecule has 2 aromatic carbocycles. The van der Waals surface area contributed by atoms with Crippen molar-refractivity contribution in [2.75, 3.05) is 25.1 Å². The second kappa shape index (κ2) is 8.21. The summed E-state index contributed by atoms with van der Waals surface area (Å²) >= 11 is 0. The van der Waals surface area contributed by atoms with E-state index < -0.39 is 0 Å². The van der Waals surface area contributed by atoms with Crippen LogP contribution in [0.2, 0.25) is 0 Å². The van der Waals surface area contributed by atoms with Crippen LogP contribution in [0.4, 0.5) is 5.82 Å². The van der Waals surface area contributed by atoms with Crippen molar-refractivity contribution in [1.29, 1.82) is 0 Å². The van der Waals surface area contributed by atoms with Crippen molar-refractivity contribution in [2.24, 2.45) is 5.92 Å². The molecule has 5 heteroatoms. The number of aromatic nitrogens is 1. The summed E-state index contributed by atoms with van der Waals surface area (Å²) in [5.74, 6) is 1.06. The molecule has 1 aliphatic heterocycles. The molecule has 5 nitrogen and oxygen atoms in total. The average Bonchev–Trinajstić information content (AvgIpc) is 3.21. The Morgan fingerprint density at radius 2 is 2.07 bits per heavy atom. The number of aliphatic hydroxyl groups excluding tert-OH is 1. The molecular formula is C24H26N2O3. The molecule has 1 aliphatic rings. The van der Waals surface area contributed by atoms with Crippen LogP contribution in [0.15, 0.2) is 48.5 Å². The van der Waals surface area contributed by atoms with E-state index in [2.05, 4.69) is 30.0 Å². The van der Waals surface area contributed by atoms with E-state index in [0.717, 1.165) is 59.3 Å². The minimum Gasteiger partial charge on any atom is -0.465 e. The number of carbonyl (C=O) groups excluding carboxylic acids is 1. The molecule has 0 radical (unpaired) electrons. The zero-order valence-electron chi connectivity index (χ0n) is 16.9. The first-order chi connectivity index (χ1) is 14.1. The lowest BCUT2D eigenvalue weighted by Crippen LogP contribution is -2.23. The van der Waals surface area contributed by atoms with Crippen molar-refractivity contribution >= 4 is 22.7 Å². The van der Waals surface area contributed by atoms with Crippen LogP contribution in [-0.4, -0.2) is 36.3 Å². The first kappa shape index (κ1) is 19.4. The minimum absolute atomic E-state index is 0.0193. The lowest BCUT2D eigenvalue weighted by Gasteiger charge is -2.21. The second-order valence-corrected chi connectivity index (χ2v) is 7.77. The zero-order chi connectivity index (χ0) is 20.4. The summed E-state index contributed by atoms with van der Waals surface area (Å²) in [6.07, 6.45) is 1.96. The molecule has 0 aliphatic carbocycles. The van der Waals surface area contributed by atoms with Crippen LogP contribution in [0.25, 0.3) is 10.9 Å². The predicted molar refractivity (Wildman–Crippen MR) is 114 cm³/mol. The quantitative estimate of drug-likeness (QED) is 0.670. The Hall–Kier alpha value is -2.92. The fraction of sp³-hybridized carbons (Fsp3) is 0.333. The fourth-order valence-electron chi connectivity index (χ4n) is 4.24. The van der Waals surface area contributed by atoms with Crippen LogP contribution >= 0.6 is 0 Å². The second-order valence-electron chi connectivity index (χ2n) is 7.77. The third-order valence-corrected chi connectivity index (χ3v) is 5.73. The molecular weight excluding hydrogens is 364 g/mol. The van der Waals surface area contributed by atoms with E-state index in [1.165, 1.54) is 7.11 Å². The Kier molecular flexibility index (Phi) is 5.49. The number of esters is 1. The van der Waals surface area contributed by atoms with Gasteiger partial charge in [0.25, 0.3) is 0 Å². The van der Waals surface area contributed by atoms with Gasteiger partial charge in [-0.15, -0.1) is 0 Å². The molecule has 2 heterocycles. The normalized spacial score (nSPS) is 16.4. The number of aryl methyl sites for hydroxylation is 1. The summed E-state index contributed by atoms with van der Waals surface area (Å²) in [4.78, 5) is 19.0. The van der Waals surface area contributed by atoms with Crippen LogP contribution < -0.4 is 4.90 Å². The number of benzene rings is 2. The van der Waals surface area contributed by atoms with Gasteiger partial charge in [-0.25, -0.2) is 9.78 Å². The van der Waals surface area contributed by atoms with Crippen molar-refractivity contribution in [1.82, 2.24) is 4.98 Å². The number of aliphatic hydroxyl groups is 1. The average molecular weight is 390 g/mol. The molecule has 1 saturated heterocycles. The highest BCUT2D eigenvalue weighted by Crippen LogP contribution is 2.30. The summed E-state index contributed by atoms with van der Waals surface area (Å²) in [5.41, 5.74) is 4.74. The summed E-state index contributed by atoms with van der Waals surface area (Å²) in [6.45, 7) is 3.85. The first-order valence-corrected chi connectivity index (χ1v) is 10.0. The molecule has 3 aromatic rings. The topological polar surface area (TPSA) is 62.7 Å². The van der Waals surface area contributed by atoms with E-state index in [4.69, 9.17) is 9.72 Å². The summed E-state index contributed by atoms with van der Waals surface area (Å²) < 4.78 is 4.83. The van der Waals surface area contributed by atoms with Gasteiger partial charge in [0.1, 0.15) is 5.82 Å². The smallest absolute Gasteiger partial charge is 0.337 e. The van der Waals surface area contributed by atoms with Crippen LogP contribution in [0.5, 0.6) is 0 Å². The van der Waals surface area contributed by atoms with Gasteiger partial charge in [-0.1, -0.05) is 30.3 Å². The van der Waals surface area contributed by atoms with Gasteiger partial charge in [0.15, 0.2) is 0 Å². The summed E-state index contributed by atoms with van der Waals surface area (Å²) in [7, 11) is 1.40. The number of hydrogen-bond donors (Lipinski definition) is 1. The van der Waals surface area contributed by atoms with Gasteiger partial charge in [-0.2, -0.15) is 0 Å². The monoisotopic (exact) mass is 390 g/mol. The van der Waals surface area contributed by atoms with Crippen LogP contribution in [-0.2, 0) is 17.8 Å². The number of methoxy groups -OCH3 is 1. The minimum atomic E-state index is -0.303. The number of para-hydroxylation sites is 1. The highest BCUT2D eigenvalue weighted by molar-refractivity contribution is 5.89. The van der Waals surface area contributed by atoms with Gasteiger partial charge in [-0.05, 0) is 55.0 Å². The van der Waals surface area contributed by atoms with Gasteiger partial charge >= 0.3 is 5.97 Å². The molecule has 0 saturated carbocycles. The molecule has 29 heavy (non-hydrogen) atoms. The van der Waals surface area contributed by atoms with E-state index >= 15 is 0 Å². The van der Waals surface area contributed by atoms with Gasteiger partial charge in [0, 0.05) is 24.0 Å². The van der Waals surface area contributed by atoms with Crippen molar-refractivity contribution < 1.29 is 14.6 Å². The van der Waals surface area contributed by atoms with Crippen molar-refractivity contribution in [3.63, 3.8) is 0 Å². The molecule has 1 unspecified atom stereocenters. The Bertz CT molecular complexity index is 1050. The third-order valence-electron chi connectivity index (χ3n) is 5.73. The maximum atomic E-state index is 11.8. The van der Waals surface area contributed by atoms with E-state index in [1.807, 2.05) is 24.3 Å². The summed E-state index contributed by atoms with van der Waals surface area (Å²) in [6, 6.07) is 15.9. The van der Waals surface area contributed by atoms with Gasteiger partial charge in [0.05, 0.1) is 24.8 Å². The molecule has 0 bridgehead atoms. The Balaban J connectivity index is 1.54. The Morgan fingerprint density at radius 3 is 2.86 bits per heavy atom. The lowest BCUT2D eigenvalue weighted by molar-refractivity contribution is 0.0600. The molecule has 1 atom stereocenters. The molecule has 0 amide bonds. The fourth-order valence-corrected chi connectivity index (χ4v) is 4.24. The van der Waals surface area contributed by atoms with E-state index in [9.17, 15) is 9.90 Å². The first-order valence-electron chi connectivity index (χ1n) is 10.0.